The van der Waals surface area contributed by atoms with E-state index in [2.05, 4.69) is 27.2 Å². The monoisotopic (exact) mass is 264 g/mol. The van der Waals surface area contributed by atoms with Gasteiger partial charge in [-0.1, -0.05) is 6.92 Å². The summed E-state index contributed by atoms with van der Waals surface area (Å²) in [4.78, 5) is 12.9. The topological polar surface area (TPSA) is 63.8 Å². The second kappa shape index (κ2) is 5.86. The van der Waals surface area contributed by atoms with E-state index in [0.717, 1.165) is 35.3 Å². The number of oxazole rings is 1. The first-order valence-corrected chi connectivity index (χ1v) is 6.68. The minimum Gasteiger partial charge on any atom is -0.439 e. The van der Waals surface area contributed by atoms with Crippen LogP contribution in [0.5, 0.6) is 0 Å². The highest BCUT2D eigenvalue weighted by Crippen LogP contribution is 2.26. The fraction of sp³-hybridized carbons (Fsp3) is 0.417. The molecule has 0 saturated carbocycles. The summed E-state index contributed by atoms with van der Waals surface area (Å²) in [6.07, 6.45) is 2.69. The third kappa shape index (κ3) is 3.46. The predicted molar refractivity (Wildman–Crippen MR) is 70.9 cm³/mol. The number of aryl methyl sites for hydroxylation is 2. The number of aromatic nitrogens is 3. The quantitative estimate of drug-likeness (QED) is 0.837. The van der Waals surface area contributed by atoms with E-state index in [9.17, 15) is 0 Å². The fourth-order valence-electron chi connectivity index (χ4n) is 1.40. The first kappa shape index (κ1) is 12.9. The summed E-state index contributed by atoms with van der Waals surface area (Å²) in [5, 5.41) is 4.69. The molecule has 0 saturated heterocycles. The molecule has 2 rings (SSSR count). The highest BCUT2D eigenvalue weighted by Gasteiger charge is 2.07. The van der Waals surface area contributed by atoms with Gasteiger partial charge in [0.2, 0.25) is 0 Å². The molecule has 0 fully saturated rings. The number of nitrogens with zero attached hydrogens (tertiary/aromatic N) is 3. The third-order valence-corrected chi connectivity index (χ3v) is 2.94. The standard InChI is InChI=1S/C12H16N4OS/c1-4-5-13-10-6-11(16-9(3)15-10)18-12-14-8(2)7-17-12/h6-7H,4-5H2,1-3H3,(H,13,15,16). The molecule has 0 aromatic carbocycles. The Balaban J connectivity index is 2.14. The van der Waals surface area contributed by atoms with Gasteiger partial charge in [-0.15, -0.1) is 0 Å². The Morgan fingerprint density at radius 2 is 2.11 bits per heavy atom. The van der Waals surface area contributed by atoms with Crippen LogP contribution in [-0.4, -0.2) is 21.5 Å². The van der Waals surface area contributed by atoms with E-state index in [-0.39, 0.29) is 0 Å². The largest absolute Gasteiger partial charge is 0.439 e. The van der Waals surface area contributed by atoms with Crippen LogP contribution in [0.4, 0.5) is 5.82 Å². The van der Waals surface area contributed by atoms with E-state index in [1.54, 1.807) is 6.26 Å². The molecule has 0 spiro atoms. The zero-order chi connectivity index (χ0) is 13.0. The first-order valence-electron chi connectivity index (χ1n) is 5.87. The molecule has 2 aromatic rings. The van der Waals surface area contributed by atoms with Gasteiger partial charge in [-0.2, -0.15) is 0 Å². The lowest BCUT2D eigenvalue weighted by Gasteiger charge is -2.06. The zero-order valence-electron chi connectivity index (χ0n) is 10.7. The van der Waals surface area contributed by atoms with Gasteiger partial charge in [-0.3, -0.25) is 0 Å². The van der Waals surface area contributed by atoms with Crippen molar-refractivity contribution in [2.75, 3.05) is 11.9 Å². The Labute approximate surface area is 110 Å². The molecule has 0 aliphatic heterocycles. The molecule has 2 aromatic heterocycles. The number of rotatable bonds is 5. The van der Waals surface area contributed by atoms with Crippen LogP contribution in [0.25, 0.3) is 0 Å². The van der Waals surface area contributed by atoms with Crippen molar-refractivity contribution in [1.82, 2.24) is 15.0 Å². The molecule has 1 N–H and O–H groups in total. The van der Waals surface area contributed by atoms with Crippen molar-refractivity contribution in [3.8, 4) is 0 Å². The molecule has 5 nitrogen and oxygen atoms in total. The van der Waals surface area contributed by atoms with Gasteiger partial charge < -0.3 is 9.73 Å². The second-order valence-corrected chi connectivity index (χ2v) is 4.89. The van der Waals surface area contributed by atoms with Crippen LogP contribution >= 0.6 is 11.8 Å². The van der Waals surface area contributed by atoms with Gasteiger partial charge in [0.05, 0.1) is 5.69 Å². The lowest BCUT2D eigenvalue weighted by Crippen LogP contribution is -2.04. The molecule has 0 aliphatic carbocycles. The van der Waals surface area contributed by atoms with E-state index < -0.39 is 0 Å². The summed E-state index contributed by atoms with van der Waals surface area (Å²) >= 11 is 1.40. The third-order valence-electron chi connectivity index (χ3n) is 2.16. The van der Waals surface area contributed by atoms with Crippen LogP contribution in [0, 0.1) is 13.8 Å². The fourth-order valence-corrected chi connectivity index (χ4v) is 2.22. The summed E-state index contributed by atoms with van der Waals surface area (Å²) in [7, 11) is 0. The Kier molecular flexibility index (Phi) is 4.19. The van der Waals surface area contributed by atoms with E-state index in [0.29, 0.717) is 5.22 Å². The Morgan fingerprint density at radius 1 is 1.28 bits per heavy atom. The molecule has 6 heteroatoms. The minimum absolute atomic E-state index is 0.604. The molecule has 0 bridgehead atoms. The van der Waals surface area contributed by atoms with E-state index in [4.69, 9.17) is 4.42 Å². The van der Waals surface area contributed by atoms with Gasteiger partial charge in [0, 0.05) is 12.6 Å². The molecule has 0 atom stereocenters. The van der Waals surface area contributed by atoms with Crippen molar-refractivity contribution >= 4 is 17.6 Å². The maximum absolute atomic E-state index is 5.30. The summed E-state index contributed by atoms with van der Waals surface area (Å²) in [5.41, 5.74) is 0.868. The predicted octanol–water partition coefficient (Wildman–Crippen LogP) is 3.05. The van der Waals surface area contributed by atoms with E-state index in [1.807, 2.05) is 19.9 Å². The normalized spacial score (nSPS) is 10.6. The first-order chi connectivity index (χ1) is 8.67. The number of anilines is 1. The van der Waals surface area contributed by atoms with Crippen LogP contribution in [0.1, 0.15) is 24.9 Å². The average molecular weight is 264 g/mol. The number of nitrogens with one attached hydrogen (secondary N) is 1. The smallest absolute Gasteiger partial charge is 0.262 e. The highest BCUT2D eigenvalue weighted by molar-refractivity contribution is 7.99. The van der Waals surface area contributed by atoms with Gasteiger partial charge in [-0.25, -0.2) is 15.0 Å². The maximum atomic E-state index is 5.30. The van der Waals surface area contributed by atoms with Crippen LogP contribution in [-0.2, 0) is 0 Å². The Bertz CT molecular complexity index is 527. The van der Waals surface area contributed by atoms with Gasteiger partial charge in [0.1, 0.15) is 22.9 Å². The molecule has 0 amide bonds. The molecule has 0 radical (unpaired) electrons. The zero-order valence-corrected chi connectivity index (χ0v) is 11.5. The van der Waals surface area contributed by atoms with E-state index >= 15 is 0 Å². The van der Waals surface area contributed by atoms with Crippen LogP contribution in [0.15, 0.2) is 27.0 Å². The lowest BCUT2D eigenvalue weighted by atomic mass is 10.4. The summed E-state index contributed by atoms with van der Waals surface area (Å²) in [6.45, 7) is 6.79. The van der Waals surface area contributed by atoms with E-state index in [1.165, 1.54) is 11.8 Å². The van der Waals surface area contributed by atoms with Gasteiger partial charge in [0.15, 0.2) is 0 Å². The Hall–Kier alpha value is -1.56. The van der Waals surface area contributed by atoms with Crippen molar-refractivity contribution in [1.29, 1.82) is 0 Å². The number of hydrogen-bond acceptors (Lipinski definition) is 6. The van der Waals surface area contributed by atoms with Gasteiger partial charge in [-0.05, 0) is 32.0 Å². The Morgan fingerprint density at radius 3 is 2.78 bits per heavy atom. The average Bonchev–Trinajstić information content (AvgIpc) is 2.71. The summed E-state index contributed by atoms with van der Waals surface area (Å²) in [6, 6.07) is 1.91. The molecule has 2 heterocycles. The SMILES string of the molecule is CCCNc1cc(Sc2nc(C)co2)nc(C)n1. The molecule has 0 aliphatic rings. The van der Waals surface area contributed by atoms with Crippen molar-refractivity contribution in [3.05, 3.63) is 23.8 Å². The molecular weight excluding hydrogens is 248 g/mol. The minimum atomic E-state index is 0.604. The van der Waals surface area contributed by atoms with Crippen LogP contribution < -0.4 is 5.32 Å². The molecule has 96 valence electrons. The van der Waals surface area contributed by atoms with Crippen molar-refractivity contribution < 1.29 is 4.42 Å². The van der Waals surface area contributed by atoms with Crippen LogP contribution in [0.2, 0.25) is 0 Å². The molecule has 18 heavy (non-hydrogen) atoms. The molecule has 0 unspecified atom stereocenters. The second-order valence-electron chi connectivity index (χ2n) is 3.92. The highest BCUT2D eigenvalue weighted by atomic mass is 32.2. The summed E-state index contributed by atoms with van der Waals surface area (Å²) < 4.78 is 5.30. The summed E-state index contributed by atoms with van der Waals surface area (Å²) in [5.74, 6) is 1.58. The van der Waals surface area contributed by atoms with Crippen LogP contribution in [0.3, 0.4) is 0 Å². The van der Waals surface area contributed by atoms with Gasteiger partial charge >= 0.3 is 0 Å². The van der Waals surface area contributed by atoms with Gasteiger partial charge in [0.25, 0.3) is 5.22 Å². The maximum Gasteiger partial charge on any atom is 0.262 e. The number of hydrogen-bond donors (Lipinski definition) is 1. The lowest BCUT2D eigenvalue weighted by molar-refractivity contribution is 0.453. The van der Waals surface area contributed by atoms with Crippen molar-refractivity contribution in [2.24, 2.45) is 0 Å². The molecular formula is C12H16N4OS. The van der Waals surface area contributed by atoms with Crippen molar-refractivity contribution in [3.63, 3.8) is 0 Å². The van der Waals surface area contributed by atoms with Crippen molar-refractivity contribution in [2.45, 2.75) is 37.4 Å².